The summed E-state index contributed by atoms with van der Waals surface area (Å²) >= 11 is 1.66. The zero-order valence-corrected chi connectivity index (χ0v) is 17.6. The van der Waals surface area contributed by atoms with Gasteiger partial charge in [0.05, 0.1) is 6.04 Å². The van der Waals surface area contributed by atoms with E-state index in [4.69, 9.17) is 5.73 Å². The molecule has 1 aromatic carbocycles. The van der Waals surface area contributed by atoms with Crippen molar-refractivity contribution in [3.8, 4) is 0 Å². The number of piperazine rings is 1. The first kappa shape index (κ1) is 21.7. The number of anilines is 2. The Labute approximate surface area is 173 Å². The predicted molar refractivity (Wildman–Crippen MR) is 111 cm³/mol. The zero-order valence-electron chi connectivity index (χ0n) is 16.8. The van der Waals surface area contributed by atoms with Crippen molar-refractivity contribution < 1.29 is 13.2 Å². The third-order valence-corrected chi connectivity index (χ3v) is 6.05. The van der Waals surface area contributed by atoms with Gasteiger partial charge in [0, 0.05) is 43.0 Å². The van der Waals surface area contributed by atoms with E-state index in [1.165, 1.54) is 6.20 Å². The molecule has 2 aromatic rings. The molecule has 0 bridgehead atoms. The van der Waals surface area contributed by atoms with E-state index >= 15 is 0 Å². The monoisotopic (exact) mass is 425 g/mol. The van der Waals surface area contributed by atoms with Gasteiger partial charge in [-0.25, -0.2) is 9.97 Å². The molecule has 158 valence electrons. The average molecular weight is 426 g/mol. The first-order chi connectivity index (χ1) is 13.7. The summed E-state index contributed by atoms with van der Waals surface area (Å²) in [7, 11) is 0. The molecule has 1 aromatic heterocycles. The Bertz CT molecular complexity index is 843. The summed E-state index contributed by atoms with van der Waals surface area (Å²) in [5, 5.41) is 0. The first-order valence-electron chi connectivity index (χ1n) is 9.53. The van der Waals surface area contributed by atoms with Crippen LogP contribution in [-0.2, 0) is 12.7 Å². The summed E-state index contributed by atoms with van der Waals surface area (Å²) < 4.78 is 39.2. The largest absolute Gasteiger partial charge is 0.433 e. The van der Waals surface area contributed by atoms with Gasteiger partial charge in [0.25, 0.3) is 0 Å². The lowest BCUT2D eigenvalue weighted by Crippen LogP contribution is -2.56. The van der Waals surface area contributed by atoms with Crippen molar-refractivity contribution in [3.63, 3.8) is 0 Å². The van der Waals surface area contributed by atoms with Crippen LogP contribution in [0.2, 0.25) is 0 Å². The van der Waals surface area contributed by atoms with E-state index < -0.39 is 11.9 Å². The van der Waals surface area contributed by atoms with Gasteiger partial charge in [0.1, 0.15) is 5.69 Å². The van der Waals surface area contributed by atoms with Crippen LogP contribution >= 0.6 is 11.8 Å². The van der Waals surface area contributed by atoms with Crippen LogP contribution in [0.25, 0.3) is 0 Å². The van der Waals surface area contributed by atoms with Crippen molar-refractivity contribution in [2.24, 2.45) is 11.7 Å². The van der Waals surface area contributed by atoms with Crippen molar-refractivity contribution in [1.82, 2.24) is 9.97 Å². The highest BCUT2D eigenvalue weighted by Crippen LogP contribution is 2.32. The van der Waals surface area contributed by atoms with E-state index in [1.54, 1.807) is 11.8 Å². The second-order valence-electron chi connectivity index (χ2n) is 7.39. The van der Waals surface area contributed by atoms with Gasteiger partial charge in [-0.2, -0.15) is 13.2 Å². The highest BCUT2D eigenvalue weighted by molar-refractivity contribution is 7.98. The molecule has 9 heteroatoms. The van der Waals surface area contributed by atoms with Crippen molar-refractivity contribution in [2.75, 3.05) is 35.7 Å². The van der Waals surface area contributed by atoms with Crippen LogP contribution < -0.4 is 15.5 Å². The Hall–Kier alpha value is -2.00. The summed E-state index contributed by atoms with van der Waals surface area (Å²) in [5.41, 5.74) is 7.11. The molecule has 0 radical (unpaired) electrons. The number of nitrogens with two attached hydrogens (primary N) is 1. The number of benzene rings is 1. The second-order valence-corrected chi connectivity index (χ2v) is 8.24. The summed E-state index contributed by atoms with van der Waals surface area (Å²) in [6.07, 6.45) is -1.27. The molecule has 1 aliphatic rings. The third kappa shape index (κ3) is 4.78. The second kappa shape index (κ2) is 8.79. The van der Waals surface area contributed by atoms with Crippen molar-refractivity contribution in [3.05, 3.63) is 41.7 Å². The smallest absolute Gasteiger partial charge is 0.368 e. The quantitative estimate of drug-likeness (QED) is 0.730. The summed E-state index contributed by atoms with van der Waals surface area (Å²) in [6.45, 7) is 6.55. The van der Waals surface area contributed by atoms with E-state index in [0.717, 1.165) is 22.2 Å². The van der Waals surface area contributed by atoms with Crippen molar-refractivity contribution >= 4 is 23.4 Å². The van der Waals surface area contributed by atoms with Gasteiger partial charge in [0.15, 0.2) is 0 Å². The van der Waals surface area contributed by atoms with Gasteiger partial charge in [0.2, 0.25) is 5.95 Å². The number of thioether (sulfide) groups is 1. The molecular formula is C20H26F3N5S. The molecule has 29 heavy (non-hydrogen) atoms. The van der Waals surface area contributed by atoms with Crippen LogP contribution in [0.1, 0.15) is 25.1 Å². The lowest BCUT2D eigenvalue weighted by atomic mass is 9.99. The molecule has 1 atom stereocenters. The molecule has 1 aliphatic heterocycles. The van der Waals surface area contributed by atoms with E-state index in [1.807, 2.05) is 17.2 Å². The third-order valence-electron chi connectivity index (χ3n) is 5.23. The molecule has 0 saturated carbocycles. The van der Waals surface area contributed by atoms with Crippen LogP contribution in [0.15, 0.2) is 35.4 Å². The normalized spacial score (nSPS) is 17.9. The lowest BCUT2D eigenvalue weighted by Gasteiger charge is -2.44. The van der Waals surface area contributed by atoms with Crippen molar-refractivity contribution in [2.45, 2.75) is 37.5 Å². The number of hydrogen-bond acceptors (Lipinski definition) is 6. The van der Waals surface area contributed by atoms with E-state index in [2.05, 4.69) is 40.8 Å². The Kier molecular flexibility index (Phi) is 6.58. The number of aromatic nitrogens is 2. The number of rotatable bonds is 5. The molecule has 1 saturated heterocycles. The molecule has 3 rings (SSSR count). The molecule has 0 amide bonds. The van der Waals surface area contributed by atoms with Crippen molar-refractivity contribution in [1.29, 1.82) is 0 Å². The molecule has 2 heterocycles. The van der Waals surface area contributed by atoms with E-state index in [9.17, 15) is 13.2 Å². The van der Waals surface area contributed by atoms with E-state index in [-0.39, 0.29) is 17.9 Å². The van der Waals surface area contributed by atoms with Gasteiger partial charge in [-0.05, 0) is 35.9 Å². The zero-order chi connectivity index (χ0) is 21.2. The molecule has 5 nitrogen and oxygen atoms in total. The fourth-order valence-electron chi connectivity index (χ4n) is 3.61. The molecular weight excluding hydrogens is 399 g/mol. The van der Waals surface area contributed by atoms with Gasteiger partial charge < -0.3 is 15.5 Å². The summed E-state index contributed by atoms with van der Waals surface area (Å²) in [4.78, 5) is 13.3. The van der Waals surface area contributed by atoms with Gasteiger partial charge in [-0.1, -0.05) is 19.9 Å². The van der Waals surface area contributed by atoms with Gasteiger partial charge in [-0.15, -0.1) is 11.8 Å². The highest BCUT2D eigenvalue weighted by atomic mass is 32.2. The molecule has 0 aliphatic carbocycles. The Balaban J connectivity index is 1.86. The standard InChI is InChI=1S/C20H26F3N5S/c1-13(2)16-12-27(15-5-4-14(11-24)17(10-15)29-3)8-9-28(16)19-25-7-6-18(26-19)20(21,22)23/h4-7,10,13,16H,8-9,11-12,24H2,1-3H3. The molecule has 1 unspecified atom stereocenters. The van der Waals surface area contributed by atoms with Crippen LogP contribution in [-0.4, -0.2) is 41.9 Å². The average Bonchev–Trinajstić information content (AvgIpc) is 2.72. The minimum Gasteiger partial charge on any atom is -0.368 e. The maximum Gasteiger partial charge on any atom is 0.433 e. The minimum atomic E-state index is -4.48. The van der Waals surface area contributed by atoms with Gasteiger partial charge in [-0.3, -0.25) is 0 Å². The topological polar surface area (TPSA) is 58.3 Å². The Morgan fingerprint density at radius 3 is 2.62 bits per heavy atom. The van der Waals surface area contributed by atoms with Crippen LogP contribution in [0, 0.1) is 5.92 Å². The number of halogens is 3. The predicted octanol–water partition coefficient (Wildman–Crippen LogP) is 4.03. The number of nitrogens with zero attached hydrogens (tertiary/aromatic N) is 4. The first-order valence-corrected chi connectivity index (χ1v) is 10.8. The maximum atomic E-state index is 13.1. The summed E-state index contributed by atoms with van der Waals surface area (Å²) in [6, 6.07) is 7.16. The summed E-state index contributed by atoms with van der Waals surface area (Å²) in [5.74, 6) is 0.362. The van der Waals surface area contributed by atoms with Crippen LogP contribution in [0.4, 0.5) is 24.8 Å². The molecule has 2 N–H and O–H groups in total. The SMILES string of the molecule is CSc1cc(N2CCN(c3nccc(C(F)(F)F)n3)C(C(C)C)C2)ccc1CN. The van der Waals surface area contributed by atoms with Crippen LogP contribution in [0.3, 0.4) is 0 Å². The van der Waals surface area contributed by atoms with Crippen LogP contribution in [0.5, 0.6) is 0 Å². The lowest BCUT2D eigenvalue weighted by molar-refractivity contribution is -0.141. The fourth-order valence-corrected chi connectivity index (χ4v) is 4.26. The Morgan fingerprint density at radius 1 is 1.24 bits per heavy atom. The molecule has 0 spiro atoms. The number of alkyl halides is 3. The number of hydrogen-bond donors (Lipinski definition) is 1. The van der Waals surface area contributed by atoms with E-state index in [0.29, 0.717) is 26.2 Å². The minimum absolute atomic E-state index is 0.000789. The Morgan fingerprint density at radius 2 is 2.00 bits per heavy atom. The van der Waals surface area contributed by atoms with Gasteiger partial charge >= 0.3 is 6.18 Å². The fraction of sp³-hybridized carbons (Fsp3) is 0.500. The highest BCUT2D eigenvalue weighted by Gasteiger charge is 2.35. The molecule has 1 fully saturated rings. The maximum absolute atomic E-state index is 13.1.